The van der Waals surface area contributed by atoms with Crippen molar-refractivity contribution in [3.8, 4) is 5.75 Å². The molecule has 1 aromatic rings. The first-order valence-electron chi connectivity index (χ1n) is 6.07. The Morgan fingerprint density at radius 3 is 2.44 bits per heavy atom. The van der Waals surface area contributed by atoms with E-state index in [4.69, 9.17) is 0 Å². The smallest absolute Gasteiger partial charge is 0.404 e. The molecule has 0 amide bonds. The van der Waals surface area contributed by atoms with Gasteiger partial charge in [0.25, 0.3) is 0 Å². The largest absolute Gasteiger partial charge is 0.573 e. The van der Waals surface area contributed by atoms with Gasteiger partial charge >= 0.3 is 6.36 Å². The van der Waals surface area contributed by atoms with E-state index in [-0.39, 0.29) is 11.8 Å². The second-order valence-corrected chi connectivity index (χ2v) is 4.08. The van der Waals surface area contributed by atoms with Gasteiger partial charge in [0.15, 0.2) is 5.75 Å². The zero-order valence-electron chi connectivity index (χ0n) is 10.6. The van der Waals surface area contributed by atoms with E-state index in [1.807, 2.05) is 13.8 Å². The van der Waals surface area contributed by atoms with Gasteiger partial charge in [-0.05, 0) is 25.0 Å². The number of para-hydroxylation sites is 2. The van der Waals surface area contributed by atoms with Gasteiger partial charge in [-0.1, -0.05) is 32.4 Å². The average molecular weight is 261 g/mol. The lowest BCUT2D eigenvalue weighted by molar-refractivity contribution is -0.274. The van der Waals surface area contributed by atoms with Crippen molar-refractivity contribution in [1.82, 2.24) is 0 Å². The molecular formula is C13H18F3NO. The van der Waals surface area contributed by atoms with Crippen molar-refractivity contribution in [2.45, 2.75) is 45.5 Å². The van der Waals surface area contributed by atoms with Crippen molar-refractivity contribution in [1.29, 1.82) is 0 Å². The molecule has 0 spiro atoms. The Morgan fingerprint density at radius 1 is 1.22 bits per heavy atom. The Hall–Kier alpha value is -1.39. The van der Waals surface area contributed by atoms with E-state index in [0.29, 0.717) is 5.69 Å². The zero-order chi connectivity index (χ0) is 13.6. The van der Waals surface area contributed by atoms with E-state index in [2.05, 4.69) is 10.1 Å². The third-order valence-corrected chi connectivity index (χ3v) is 2.60. The summed E-state index contributed by atoms with van der Waals surface area (Å²) >= 11 is 0. The van der Waals surface area contributed by atoms with Gasteiger partial charge in [-0.2, -0.15) is 0 Å². The first-order chi connectivity index (χ1) is 8.46. The molecule has 0 bridgehead atoms. The van der Waals surface area contributed by atoms with Crippen LogP contribution in [-0.4, -0.2) is 12.4 Å². The van der Waals surface area contributed by atoms with E-state index >= 15 is 0 Å². The van der Waals surface area contributed by atoms with Crippen molar-refractivity contribution >= 4 is 5.69 Å². The molecule has 0 heterocycles. The Kier molecular flexibility index (Phi) is 5.31. The number of anilines is 1. The van der Waals surface area contributed by atoms with Crippen LogP contribution in [0.1, 0.15) is 33.1 Å². The summed E-state index contributed by atoms with van der Waals surface area (Å²) in [4.78, 5) is 0. The van der Waals surface area contributed by atoms with E-state index in [1.165, 1.54) is 12.1 Å². The highest BCUT2D eigenvalue weighted by atomic mass is 19.4. The fourth-order valence-corrected chi connectivity index (χ4v) is 1.75. The first-order valence-corrected chi connectivity index (χ1v) is 6.07. The summed E-state index contributed by atoms with van der Waals surface area (Å²) in [6.07, 6.45) is -1.91. The Bertz CT molecular complexity index is 365. The SMILES string of the molecule is CCCC(CC)Nc1ccccc1OC(F)(F)F. The van der Waals surface area contributed by atoms with Crippen molar-refractivity contribution in [3.63, 3.8) is 0 Å². The molecule has 1 atom stereocenters. The molecule has 0 aliphatic carbocycles. The molecule has 0 aromatic heterocycles. The van der Waals surface area contributed by atoms with E-state index in [1.54, 1.807) is 12.1 Å². The molecule has 2 nitrogen and oxygen atoms in total. The van der Waals surface area contributed by atoms with Crippen LogP contribution in [0.25, 0.3) is 0 Å². The lowest BCUT2D eigenvalue weighted by atomic mass is 10.1. The van der Waals surface area contributed by atoms with Gasteiger partial charge in [0.1, 0.15) is 0 Å². The summed E-state index contributed by atoms with van der Waals surface area (Å²) in [5.41, 5.74) is 0.384. The van der Waals surface area contributed by atoms with E-state index in [0.717, 1.165) is 19.3 Å². The van der Waals surface area contributed by atoms with Crippen molar-refractivity contribution in [2.75, 3.05) is 5.32 Å². The van der Waals surface area contributed by atoms with Gasteiger partial charge in [0.05, 0.1) is 5.69 Å². The van der Waals surface area contributed by atoms with Crippen LogP contribution in [0.2, 0.25) is 0 Å². The second kappa shape index (κ2) is 6.52. The topological polar surface area (TPSA) is 21.3 Å². The molecule has 1 N–H and O–H groups in total. The molecule has 5 heteroatoms. The van der Waals surface area contributed by atoms with Gasteiger partial charge < -0.3 is 10.1 Å². The van der Waals surface area contributed by atoms with Gasteiger partial charge in [-0.15, -0.1) is 13.2 Å². The summed E-state index contributed by atoms with van der Waals surface area (Å²) in [7, 11) is 0. The van der Waals surface area contributed by atoms with Crippen LogP contribution in [0, 0.1) is 0 Å². The quantitative estimate of drug-likeness (QED) is 0.809. The molecule has 1 rings (SSSR count). The number of rotatable bonds is 6. The van der Waals surface area contributed by atoms with Crippen LogP contribution < -0.4 is 10.1 Å². The summed E-state index contributed by atoms with van der Waals surface area (Å²) in [5.74, 6) is -0.181. The summed E-state index contributed by atoms with van der Waals surface area (Å²) in [6.45, 7) is 4.04. The standard InChI is InChI=1S/C13H18F3NO/c1-3-7-10(4-2)17-11-8-5-6-9-12(11)18-13(14,15)16/h5-6,8-10,17H,3-4,7H2,1-2H3. The molecular weight excluding hydrogens is 243 g/mol. The van der Waals surface area contributed by atoms with Gasteiger partial charge in [0.2, 0.25) is 0 Å². The highest BCUT2D eigenvalue weighted by molar-refractivity contribution is 5.56. The molecule has 0 aliphatic heterocycles. The van der Waals surface area contributed by atoms with Crippen LogP contribution >= 0.6 is 0 Å². The molecule has 102 valence electrons. The van der Waals surface area contributed by atoms with Crippen molar-refractivity contribution in [2.24, 2.45) is 0 Å². The maximum absolute atomic E-state index is 12.2. The maximum atomic E-state index is 12.2. The first kappa shape index (κ1) is 14.7. The van der Waals surface area contributed by atoms with Gasteiger partial charge in [-0.3, -0.25) is 0 Å². The third-order valence-electron chi connectivity index (χ3n) is 2.60. The predicted octanol–water partition coefficient (Wildman–Crippen LogP) is 4.58. The molecule has 0 aliphatic rings. The van der Waals surface area contributed by atoms with Crippen LogP contribution in [0.3, 0.4) is 0 Å². The maximum Gasteiger partial charge on any atom is 0.573 e. The molecule has 0 saturated carbocycles. The number of ether oxygens (including phenoxy) is 1. The highest BCUT2D eigenvalue weighted by Gasteiger charge is 2.32. The van der Waals surface area contributed by atoms with Crippen LogP contribution in [0.4, 0.5) is 18.9 Å². The number of hydrogen-bond donors (Lipinski definition) is 1. The van der Waals surface area contributed by atoms with E-state index < -0.39 is 6.36 Å². The monoisotopic (exact) mass is 261 g/mol. The van der Waals surface area contributed by atoms with E-state index in [9.17, 15) is 13.2 Å². The average Bonchev–Trinajstić information content (AvgIpc) is 2.29. The lowest BCUT2D eigenvalue weighted by Crippen LogP contribution is -2.21. The molecule has 0 fully saturated rings. The molecule has 1 aromatic carbocycles. The second-order valence-electron chi connectivity index (χ2n) is 4.08. The number of halogens is 3. The summed E-state index contributed by atoms with van der Waals surface area (Å²) in [5, 5.41) is 3.10. The minimum absolute atomic E-state index is 0.160. The summed E-state index contributed by atoms with van der Waals surface area (Å²) in [6, 6.07) is 6.28. The molecule has 0 radical (unpaired) electrons. The number of benzene rings is 1. The van der Waals surface area contributed by atoms with Gasteiger partial charge in [-0.25, -0.2) is 0 Å². The zero-order valence-corrected chi connectivity index (χ0v) is 10.6. The minimum atomic E-state index is -4.66. The predicted molar refractivity (Wildman–Crippen MR) is 65.7 cm³/mol. The normalized spacial score (nSPS) is 13.2. The number of nitrogens with one attached hydrogen (secondary N) is 1. The fourth-order valence-electron chi connectivity index (χ4n) is 1.75. The Morgan fingerprint density at radius 2 is 1.89 bits per heavy atom. The van der Waals surface area contributed by atoms with Crippen LogP contribution in [0.5, 0.6) is 5.75 Å². The van der Waals surface area contributed by atoms with Crippen molar-refractivity contribution in [3.05, 3.63) is 24.3 Å². The fraction of sp³-hybridized carbons (Fsp3) is 0.538. The third kappa shape index (κ3) is 4.85. The Labute approximate surface area is 105 Å². The molecule has 18 heavy (non-hydrogen) atoms. The lowest BCUT2D eigenvalue weighted by Gasteiger charge is -2.20. The minimum Gasteiger partial charge on any atom is -0.404 e. The van der Waals surface area contributed by atoms with Crippen LogP contribution in [0.15, 0.2) is 24.3 Å². The van der Waals surface area contributed by atoms with Crippen LogP contribution in [-0.2, 0) is 0 Å². The Balaban J connectivity index is 2.81. The number of hydrogen-bond acceptors (Lipinski definition) is 2. The molecule has 1 unspecified atom stereocenters. The molecule has 0 saturated heterocycles. The number of alkyl halides is 3. The summed E-state index contributed by atoms with van der Waals surface area (Å²) < 4.78 is 40.7. The van der Waals surface area contributed by atoms with Gasteiger partial charge in [0, 0.05) is 6.04 Å². The highest BCUT2D eigenvalue weighted by Crippen LogP contribution is 2.30. The van der Waals surface area contributed by atoms with Crippen molar-refractivity contribution < 1.29 is 17.9 Å².